The van der Waals surface area contributed by atoms with Gasteiger partial charge in [0, 0.05) is 5.56 Å². The smallest absolute Gasteiger partial charge is 0.185 e. The first-order valence-electron chi connectivity index (χ1n) is 4.58. The third kappa shape index (κ3) is 1.55. The molecule has 0 aromatic heterocycles. The van der Waals surface area contributed by atoms with Crippen molar-refractivity contribution in [3.8, 4) is 0 Å². The summed E-state index contributed by atoms with van der Waals surface area (Å²) in [6.07, 6.45) is 5.60. The van der Waals surface area contributed by atoms with Crippen LogP contribution >= 0.6 is 0 Å². The first-order valence-corrected chi connectivity index (χ1v) is 4.58. The number of hydrogen-bond acceptors (Lipinski definition) is 1. The molecule has 0 saturated carbocycles. The Morgan fingerprint density at radius 1 is 1.31 bits per heavy atom. The van der Waals surface area contributed by atoms with Crippen LogP contribution in [0.4, 0.5) is 0 Å². The highest BCUT2D eigenvalue weighted by Crippen LogP contribution is 2.17. The highest BCUT2D eigenvalue weighted by molar-refractivity contribution is 6.06. The number of allylic oxidation sites excluding steroid dienone is 2. The van der Waals surface area contributed by atoms with Gasteiger partial charge in [0.1, 0.15) is 0 Å². The molecule has 66 valence electrons. The fourth-order valence-corrected chi connectivity index (χ4v) is 1.66. The Morgan fingerprint density at radius 3 is 3.00 bits per heavy atom. The van der Waals surface area contributed by atoms with Gasteiger partial charge in [-0.3, -0.25) is 4.79 Å². The Morgan fingerprint density at radius 2 is 2.15 bits per heavy atom. The summed E-state index contributed by atoms with van der Waals surface area (Å²) in [5.41, 5.74) is 3.22. The van der Waals surface area contributed by atoms with Gasteiger partial charge >= 0.3 is 0 Å². The topological polar surface area (TPSA) is 17.1 Å². The first kappa shape index (κ1) is 8.24. The summed E-state index contributed by atoms with van der Waals surface area (Å²) in [5, 5.41) is 0. The molecule has 0 atom stereocenters. The van der Waals surface area contributed by atoms with Gasteiger partial charge in [0.2, 0.25) is 0 Å². The largest absolute Gasteiger partial charge is 0.289 e. The van der Waals surface area contributed by atoms with Gasteiger partial charge in [0.05, 0.1) is 0 Å². The van der Waals surface area contributed by atoms with E-state index < -0.39 is 0 Å². The molecule has 13 heavy (non-hydrogen) atoms. The Labute approximate surface area is 78.1 Å². The number of fused-ring (bicyclic) bond motifs is 1. The van der Waals surface area contributed by atoms with Gasteiger partial charge in [-0.25, -0.2) is 0 Å². The number of carbonyl (C=O) groups excluding carboxylic acids is 1. The van der Waals surface area contributed by atoms with E-state index in [1.54, 1.807) is 6.08 Å². The molecule has 1 aromatic rings. The van der Waals surface area contributed by atoms with Crippen molar-refractivity contribution in [3.63, 3.8) is 0 Å². The predicted octanol–water partition coefficient (Wildman–Crippen LogP) is 2.68. The van der Waals surface area contributed by atoms with E-state index in [9.17, 15) is 4.79 Å². The predicted molar refractivity (Wildman–Crippen MR) is 53.0 cm³/mol. The number of benzene rings is 1. The van der Waals surface area contributed by atoms with Gasteiger partial charge in [-0.2, -0.15) is 0 Å². The van der Waals surface area contributed by atoms with Gasteiger partial charge in [0.15, 0.2) is 5.78 Å². The van der Waals surface area contributed by atoms with Gasteiger partial charge < -0.3 is 0 Å². The summed E-state index contributed by atoms with van der Waals surface area (Å²) in [6, 6.07) is 6.11. The molecule has 0 unspecified atom stereocenters. The first-order chi connectivity index (χ1) is 6.27. The van der Waals surface area contributed by atoms with E-state index in [-0.39, 0.29) is 5.78 Å². The molecule has 0 spiro atoms. The SMILES string of the molecule is Cc1ccc2c(c1)C(=O)C=CCC2. The normalized spacial score (nSPS) is 15.3. The van der Waals surface area contributed by atoms with Gasteiger partial charge in [-0.15, -0.1) is 0 Å². The summed E-state index contributed by atoms with van der Waals surface area (Å²) in [7, 11) is 0. The van der Waals surface area contributed by atoms with Crippen LogP contribution in [0.3, 0.4) is 0 Å². The number of hydrogen-bond donors (Lipinski definition) is 0. The highest BCUT2D eigenvalue weighted by Gasteiger charge is 2.10. The molecule has 1 aromatic carbocycles. The number of aryl methyl sites for hydroxylation is 2. The van der Waals surface area contributed by atoms with E-state index in [1.165, 1.54) is 5.56 Å². The van der Waals surface area contributed by atoms with Gasteiger partial charge in [-0.05, 0) is 37.5 Å². The van der Waals surface area contributed by atoms with Crippen molar-refractivity contribution in [2.24, 2.45) is 0 Å². The average Bonchev–Trinajstić information content (AvgIpc) is 2.29. The summed E-state index contributed by atoms with van der Waals surface area (Å²) in [6.45, 7) is 2.02. The number of rotatable bonds is 0. The quantitative estimate of drug-likeness (QED) is 0.588. The van der Waals surface area contributed by atoms with Crippen LogP contribution in [0.5, 0.6) is 0 Å². The fraction of sp³-hybridized carbons (Fsp3) is 0.250. The second-order valence-electron chi connectivity index (χ2n) is 3.47. The lowest BCUT2D eigenvalue weighted by atomic mass is 10.00. The molecule has 1 heteroatoms. The molecular formula is C12H12O. The van der Waals surface area contributed by atoms with Crippen LogP contribution in [-0.2, 0) is 6.42 Å². The zero-order valence-corrected chi connectivity index (χ0v) is 7.71. The lowest BCUT2D eigenvalue weighted by Gasteiger charge is -2.04. The lowest BCUT2D eigenvalue weighted by Crippen LogP contribution is -1.98. The minimum absolute atomic E-state index is 0.149. The van der Waals surface area contributed by atoms with Crippen molar-refractivity contribution in [3.05, 3.63) is 47.0 Å². The Bertz CT molecular complexity index is 375. The highest BCUT2D eigenvalue weighted by atomic mass is 16.1. The molecule has 0 N–H and O–H groups in total. The molecule has 1 aliphatic rings. The zero-order chi connectivity index (χ0) is 9.26. The second kappa shape index (κ2) is 3.17. The van der Waals surface area contributed by atoms with Crippen molar-refractivity contribution >= 4 is 5.78 Å². The molecule has 1 aliphatic carbocycles. The van der Waals surface area contributed by atoms with Crippen molar-refractivity contribution in [2.75, 3.05) is 0 Å². The molecule has 0 heterocycles. The molecule has 0 saturated heterocycles. The average molecular weight is 172 g/mol. The molecular weight excluding hydrogens is 160 g/mol. The van der Waals surface area contributed by atoms with Crippen molar-refractivity contribution in [1.29, 1.82) is 0 Å². The van der Waals surface area contributed by atoms with E-state index in [0.29, 0.717) is 0 Å². The summed E-state index contributed by atoms with van der Waals surface area (Å²) < 4.78 is 0. The van der Waals surface area contributed by atoms with E-state index in [0.717, 1.165) is 24.0 Å². The molecule has 1 nitrogen and oxygen atoms in total. The van der Waals surface area contributed by atoms with Crippen LogP contribution in [0.2, 0.25) is 0 Å². The minimum atomic E-state index is 0.149. The van der Waals surface area contributed by atoms with E-state index in [1.807, 2.05) is 19.1 Å². The van der Waals surface area contributed by atoms with E-state index >= 15 is 0 Å². The summed E-state index contributed by atoms with van der Waals surface area (Å²) in [5.74, 6) is 0.149. The molecule has 2 rings (SSSR count). The van der Waals surface area contributed by atoms with Crippen LogP contribution < -0.4 is 0 Å². The second-order valence-corrected chi connectivity index (χ2v) is 3.47. The number of carbonyl (C=O) groups is 1. The zero-order valence-electron chi connectivity index (χ0n) is 7.71. The monoisotopic (exact) mass is 172 g/mol. The maximum atomic E-state index is 11.6. The molecule has 0 radical (unpaired) electrons. The maximum absolute atomic E-state index is 11.6. The van der Waals surface area contributed by atoms with Crippen molar-refractivity contribution in [1.82, 2.24) is 0 Å². The lowest BCUT2D eigenvalue weighted by molar-refractivity contribution is 0.104. The van der Waals surface area contributed by atoms with Gasteiger partial charge in [-0.1, -0.05) is 23.8 Å². The Balaban J connectivity index is 2.56. The van der Waals surface area contributed by atoms with Crippen LogP contribution in [0.1, 0.15) is 27.9 Å². The van der Waals surface area contributed by atoms with Crippen LogP contribution in [0.25, 0.3) is 0 Å². The summed E-state index contributed by atoms with van der Waals surface area (Å²) >= 11 is 0. The molecule has 0 amide bonds. The molecule has 0 bridgehead atoms. The van der Waals surface area contributed by atoms with Crippen molar-refractivity contribution in [2.45, 2.75) is 19.8 Å². The van der Waals surface area contributed by atoms with Gasteiger partial charge in [0.25, 0.3) is 0 Å². The van der Waals surface area contributed by atoms with E-state index in [2.05, 4.69) is 12.1 Å². The summed E-state index contributed by atoms with van der Waals surface area (Å²) in [4.78, 5) is 11.6. The Kier molecular flexibility index (Phi) is 2.01. The third-order valence-electron chi connectivity index (χ3n) is 2.38. The Hall–Kier alpha value is -1.37. The fourth-order valence-electron chi connectivity index (χ4n) is 1.66. The maximum Gasteiger partial charge on any atom is 0.185 e. The molecule has 0 fully saturated rings. The minimum Gasteiger partial charge on any atom is -0.289 e. The van der Waals surface area contributed by atoms with Crippen LogP contribution in [0, 0.1) is 6.92 Å². The third-order valence-corrected chi connectivity index (χ3v) is 2.38. The molecule has 0 aliphatic heterocycles. The van der Waals surface area contributed by atoms with E-state index in [4.69, 9.17) is 0 Å². The van der Waals surface area contributed by atoms with Crippen LogP contribution in [-0.4, -0.2) is 5.78 Å². The van der Waals surface area contributed by atoms with Crippen LogP contribution in [0.15, 0.2) is 30.4 Å². The van der Waals surface area contributed by atoms with Crippen molar-refractivity contribution < 1.29 is 4.79 Å². The number of ketones is 1. The standard InChI is InChI=1S/C12H12O/c1-9-6-7-10-4-2-3-5-12(13)11(10)8-9/h3,5-8H,2,4H2,1H3.